The van der Waals surface area contributed by atoms with Crippen molar-refractivity contribution in [1.29, 1.82) is 0 Å². The number of hydrogen-bond donors (Lipinski definition) is 1. The van der Waals surface area contributed by atoms with Gasteiger partial charge in [-0.3, -0.25) is 4.98 Å². The molecule has 1 unspecified atom stereocenters. The largest absolute Gasteiger partial charge is 0.467 e. The Morgan fingerprint density at radius 2 is 2.20 bits per heavy atom. The summed E-state index contributed by atoms with van der Waals surface area (Å²) >= 11 is 6.18. The topological polar surface area (TPSA) is 38.1 Å². The van der Waals surface area contributed by atoms with Crippen LogP contribution in [0.3, 0.4) is 0 Å². The van der Waals surface area contributed by atoms with Gasteiger partial charge >= 0.3 is 0 Å². The molecule has 3 aromatic rings. The van der Waals surface area contributed by atoms with Gasteiger partial charge in [-0.2, -0.15) is 0 Å². The van der Waals surface area contributed by atoms with Crippen LogP contribution in [0.4, 0.5) is 5.69 Å². The van der Waals surface area contributed by atoms with Gasteiger partial charge in [0.15, 0.2) is 0 Å². The van der Waals surface area contributed by atoms with Crippen molar-refractivity contribution < 1.29 is 4.42 Å². The third-order valence-corrected chi connectivity index (χ3v) is 3.51. The van der Waals surface area contributed by atoms with Crippen molar-refractivity contribution in [3.63, 3.8) is 0 Å². The molecule has 0 fully saturated rings. The third-order valence-electron chi connectivity index (χ3n) is 3.29. The van der Waals surface area contributed by atoms with Gasteiger partial charge in [-0.25, -0.2) is 0 Å². The molecule has 102 valence electrons. The summed E-state index contributed by atoms with van der Waals surface area (Å²) in [6.45, 7) is 2.11. The number of pyridine rings is 1. The predicted molar refractivity (Wildman–Crippen MR) is 82.1 cm³/mol. The van der Waals surface area contributed by atoms with Crippen molar-refractivity contribution in [3.05, 3.63) is 59.6 Å². The summed E-state index contributed by atoms with van der Waals surface area (Å²) in [5.74, 6) is 0.913. The molecule has 3 rings (SSSR count). The van der Waals surface area contributed by atoms with E-state index in [9.17, 15) is 0 Å². The number of rotatable bonds is 4. The Morgan fingerprint density at radius 3 is 2.95 bits per heavy atom. The fourth-order valence-electron chi connectivity index (χ4n) is 2.32. The Kier molecular flexibility index (Phi) is 3.61. The zero-order valence-corrected chi connectivity index (χ0v) is 11.9. The van der Waals surface area contributed by atoms with Gasteiger partial charge in [0.05, 0.1) is 23.5 Å². The van der Waals surface area contributed by atoms with E-state index in [0.717, 1.165) is 28.8 Å². The average molecular weight is 287 g/mol. The number of benzene rings is 1. The van der Waals surface area contributed by atoms with Crippen molar-refractivity contribution in [2.24, 2.45) is 0 Å². The first kappa shape index (κ1) is 13.0. The quantitative estimate of drug-likeness (QED) is 0.730. The predicted octanol–water partition coefficient (Wildman–Crippen LogP) is 5.04. The zero-order chi connectivity index (χ0) is 13.9. The summed E-state index contributed by atoms with van der Waals surface area (Å²) in [6.07, 6.45) is 4.39. The van der Waals surface area contributed by atoms with Crippen LogP contribution in [-0.4, -0.2) is 4.98 Å². The molecule has 0 bridgehead atoms. The zero-order valence-electron chi connectivity index (χ0n) is 11.1. The lowest BCUT2D eigenvalue weighted by molar-refractivity contribution is 0.474. The Morgan fingerprint density at radius 1 is 1.30 bits per heavy atom. The lowest BCUT2D eigenvalue weighted by Crippen LogP contribution is -2.09. The lowest BCUT2D eigenvalue weighted by atomic mass is 10.1. The first-order chi connectivity index (χ1) is 9.78. The highest BCUT2D eigenvalue weighted by Gasteiger charge is 2.14. The molecule has 1 atom stereocenters. The van der Waals surface area contributed by atoms with Crippen LogP contribution in [0.25, 0.3) is 10.9 Å². The normalized spacial score (nSPS) is 12.5. The summed E-state index contributed by atoms with van der Waals surface area (Å²) in [5, 5.41) is 5.20. The van der Waals surface area contributed by atoms with Gasteiger partial charge in [-0.05, 0) is 36.8 Å². The van der Waals surface area contributed by atoms with E-state index in [0.29, 0.717) is 5.02 Å². The third kappa shape index (κ3) is 2.49. The van der Waals surface area contributed by atoms with Crippen LogP contribution < -0.4 is 5.32 Å². The minimum absolute atomic E-state index is 0.105. The minimum atomic E-state index is 0.105. The van der Waals surface area contributed by atoms with Crippen LogP contribution in [0.1, 0.15) is 25.1 Å². The van der Waals surface area contributed by atoms with Crippen molar-refractivity contribution >= 4 is 28.2 Å². The lowest BCUT2D eigenvalue weighted by Gasteiger charge is -2.17. The summed E-state index contributed by atoms with van der Waals surface area (Å²) in [5.41, 5.74) is 1.85. The SMILES string of the molecule is CCC(Nc1cc(Cl)cc2cccnc12)c1ccco1. The van der Waals surface area contributed by atoms with E-state index in [2.05, 4.69) is 17.2 Å². The number of hydrogen-bond acceptors (Lipinski definition) is 3. The van der Waals surface area contributed by atoms with Gasteiger partial charge in [-0.15, -0.1) is 0 Å². The number of furan rings is 1. The van der Waals surface area contributed by atoms with Crippen LogP contribution in [0.2, 0.25) is 5.02 Å². The maximum absolute atomic E-state index is 6.18. The molecule has 0 saturated carbocycles. The van der Waals surface area contributed by atoms with Gasteiger partial charge in [-0.1, -0.05) is 24.6 Å². The molecule has 0 saturated heterocycles. The van der Waals surface area contributed by atoms with Crippen LogP contribution in [-0.2, 0) is 0 Å². The molecule has 20 heavy (non-hydrogen) atoms. The highest BCUT2D eigenvalue weighted by atomic mass is 35.5. The van der Waals surface area contributed by atoms with E-state index in [1.807, 2.05) is 36.4 Å². The molecule has 1 aromatic carbocycles. The molecule has 0 spiro atoms. The van der Waals surface area contributed by atoms with Crippen LogP contribution in [0.5, 0.6) is 0 Å². The van der Waals surface area contributed by atoms with E-state index in [1.54, 1.807) is 12.5 Å². The molecule has 0 aliphatic heterocycles. The number of anilines is 1. The number of aromatic nitrogens is 1. The highest BCUT2D eigenvalue weighted by molar-refractivity contribution is 6.31. The summed E-state index contributed by atoms with van der Waals surface area (Å²) in [4.78, 5) is 4.44. The monoisotopic (exact) mass is 286 g/mol. The maximum atomic E-state index is 6.18. The number of nitrogens with one attached hydrogen (secondary N) is 1. The second-order valence-corrected chi connectivity index (χ2v) is 5.09. The van der Waals surface area contributed by atoms with Gasteiger partial charge in [0.1, 0.15) is 5.76 Å². The first-order valence-corrected chi connectivity index (χ1v) is 7.00. The smallest absolute Gasteiger partial charge is 0.125 e. The number of halogens is 1. The van der Waals surface area contributed by atoms with Gasteiger partial charge < -0.3 is 9.73 Å². The summed E-state index contributed by atoms with van der Waals surface area (Å²) < 4.78 is 5.49. The standard InChI is InChI=1S/C16H15ClN2O/c1-2-13(15-6-4-8-20-15)19-14-10-12(17)9-11-5-3-7-18-16(11)14/h3-10,13,19H,2H2,1H3. The molecule has 0 amide bonds. The van der Waals surface area contributed by atoms with Crippen LogP contribution >= 0.6 is 11.6 Å². The Hall–Kier alpha value is -2.00. The Bertz CT molecular complexity index is 710. The Balaban J connectivity index is 2.01. The fourth-order valence-corrected chi connectivity index (χ4v) is 2.54. The van der Waals surface area contributed by atoms with Gasteiger partial charge in [0, 0.05) is 16.6 Å². The maximum Gasteiger partial charge on any atom is 0.125 e. The fraction of sp³-hybridized carbons (Fsp3) is 0.188. The molecule has 0 radical (unpaired) electrons. The first-order valence-electron chi connectivity index (χ1n) is 6.62. The molecule has 2 heterocycles. The van der Waals surface area contributed by atoms with E-state index in [4.69, 9.17) is 16.0 Å². The number of fused-ring (bicyclic) bond motifs is 1. The van der Waals surface area contributed by atoms with E-state index in [1.165, 1.54) is 0 Å². The molecule has 4 heteroatoms. The second-order valence-electron chi connectivity index (χ2n) is 4.65. The molecule has 0 aliphatic rings. The minimum Gasteiger partial charge on any atom is -0.467 e. The van der Waals surface area contributed by atoms with Gasteiger partial charge in [0.2, 0.25) is 0 Å². The summed E-state index contributed by atoms with van der Waals surface area (Å²) in [7, 11) is 0. The van der Waals surface area contributed by atoms with Crippen molar-refractivity contribution in [2.45, 2.75) is 19.4 Å². The molecule has 0 aliphatic carbocycles. The average Bonchev–Trinajstić information content (AvgIpc) is 2.98. The molecular formula is C16H15ClN2O. The molecular weight excluding hydrogens is 272 g/mol. The van der Waals surface area contributed by atoms with E-state index >= 15 is 0 Å². The summed E-state index contributed by atoms with van der Waals surface area (Å²) in [6, 6.07) is 11.7. The Labute approximate surface area is 122 Å². The van der Waals surface area contributed by atoms with Crippen LogP contribution in [0.15, 0.2) is 53.3 Å². The van der Waals surface area contributed by atoms with Crippen molar-refractivity contribution in [1.82, 2.24) is 4.98 Å². The van der Waals surface area contributed by atoms with Crippen molar-refractivity contribution in [3.8, 4) is 0 Å². The van der Waals surface area contributed by atoms with Crippen molar-refractivity contribution in [2.75, 3.05) is 5.32 Å². The van der Waals surface area contributed by atoms with E-state index < -0.39 is 0 Å². The molecule has 3 nitrogen and oxygen atoms in total. The molecule has 1 N–H and O–H groups in total. The van der Waals surface area contributed by atoms with Crippen LogP contribution in [0, 0.1) is 0 Å². The highest BCUT2D eigenvalue weighted by Crippen LogP contribution is 2.30. The molecule has 2 aromatic heterocycles. The van der Waals surface area contributed by atoms with E-state index in [-0.39, 0.29) is 6.04 Å². The van der Waals surface area contributed by atoms with Gasteiger partial charge in [0.25, 0.3) is 0 Å². The number of nitrogens with zero attached hydrogens (tertiary/aromatic N) is 1. The second kappa shape index (κ2) is 5.55.